The molecule has 0 radical (unpaired) electrons. The van der Waals surface area contributed by atoms with E-state index in [2.05, 4.69) is 37.9 Å². The summed E-state index contributed by atoms with van der Waals surface area (Å²) in [4.78, 5) is 0.277. The van der Waals surface area contributed by atoms with Crippen molar-refractivity contribution in [3.8, 4) is 5.75 Å². The highest BCUT2D eigenvalue weighted by Crippen LogP contribution is 2.43. The van der Waals surface area contributed by atoms with E-state index in [1.165, 1.54) is 5.56 Å². The number of benzene rings is 1. The number of halogens is 2. The topological polar surface area (TPSA) is 9.23 Å². The van der Waals surface area contributed by atoms with Crippen LogP contribution in [0.25, 0.3) is 0 Å². The molecule has 0 N–H and O–H groups in total. The van der Waals surface area contributed by atoms with E-state index in [9.17, 15) is 0 Å². The molecule has 1 aliphatic heterocycles. The molecule has 11 heavy (non-hydrogen) atoms. The van der Waals surface area contributed by atoms with Crippen LogP contribution in [0.1, 0.15) is 10.4 Å². The van der Waals surface area contributed by atoms with Crippen LogP contribution >= 0.6 is 31.9 Å². The summed E-state index contributed by atoms with van der Waals surface area (Å²) in [5.74, 6) is 0.969. The summed E-state index contributed by atoms with van der Waals surface area (Å²) in [6, 6.07) is 8.03. The van der Waals surface area contributed by atoms with Gasteiger partial charge in [-0.05, 0) is 22.0 Å². The zero-order chi connectivity index (χ0) is 7.84. The van der Waals surface area contributed by atoms with Crippen molar-refractivity contribution in [2.24, 2.45) is 0 Å². The lowest BCUT2D eigenvalue weighted by atomic mass is 10.2. The Morgan fingerprint density at radius 3 is 2.64 bits per heavy atom. The maximum absolute atomic E-state index is 5.49. The summed E-state index contributed by atoms with van der Waals surface area (Å²) in [5.41, 5.74) is 1.22. The van der Waals surface area contributed by atoms with Crippen molar-refractivity contribution in [2.75, 3.05) is 0 Å². The minimum absolute atomic E-state index is 0.0694. The summed E-state index contributed by atoms with van der Waals surface area (Å²) in [5, 5.41) is 0.0694. The van der Waals surface area contributed by atoms with E-state index >= 15 is 0 Å². The van der Waals surface area contributed by atoms with Gasteiger partial charge in [0.15, 0.2) is 5.01 Å². The molecular weight excluding hydrogens is 272 g/mol. The van der Waals surface area contributed by atoms with Gasteiger partial charge in [-0.15, -0.1) is 0 Å². The summed E-state index contributed by atoms with van der Waals surface area (Å²) < 4.78 is 5.49. The quantitative estimate of drug-likeness (QED) is 0.662. The zero-order valence-corrected chi connectivity index (χ0v) is 8.80. The molecule has 0 amide bonds. The third-order valence-corrected chi connectivity index (χ3v) is 4.08. The first-order valence-corrected chi connectivity index (χ1v) is 5.16. The first-order valence-electron chi connectivity index (χ1n) is 3.33. The van der Waals surface area contributed by atoms with Gasteiger partial charge in [-0.25, -0.2) is 0 Å². The van der Waals surface area contributed by atoms with Gasteiger partial charge in [0.25, 0.3) is 0 Å². The summed E-state index contributed by atoms with van der Waals surface area (Å²) in [7, 11) is 0. The molecular formula is C8H6Br2O. The second-order valence-electron chi connectivity index (χ2n) is 2.41. The molecule has 1 nitrogen and oxygen atoms in total. The summed E-state index contributed by atoms with van der Waals surface area (Å²) in [6.45, 7) is 0. The summed E-state index contributed by atoms with van der Waals surface area (Å²) >= 11 is 6.95. The Morgan fingerprint density at radius 1 is 1.18 bits per heavy atom. The molecule has 58 valence electrons. The summed E-state index contributed by atoms with van der Waals surface area (Å²) in [6.07, 6.45) is 0. The van der Waals surface area contributed by atoms with Gasteiger partial charge in [0.05, 0.1) is 4.83 Å². The molecule has 0 bridgehead atoms. The number of hydrogen-bond donors (Lipinski definition) is 0. The average Bonchev–Trinajstić information content (AvgIpc) is 2.30. The fourth-order valence-corrected chi connectivity index (χ4v) is 2.11. The van der Waals surface area contributed by atoms with Gasteiger partial charge in [-0.1, -0.05) is 34.1 Å². The van der Waals surface area contributed by atoms with Gasteiger partial charge in [-0.2, -0.15) is 0 Å². The maximum atomic E-state index is 5.49. The number of fused-ring (bicyclic) bond motifs is 1. The predicted molar refractivity (Wildman–Crippen MR) is 51.5 cm³/mol. The maximum Gasteiger partial charge on any atom is 0.169 e. The third kappa shape index (κ3) is 1.20. The molecule has 0 aromatic heterocycles. The number of rotatable bonds is 0. The highest BCUT2D eigenvalue weighted by atomic mass is 79.9. The fourth-order valence-electron chi connectivity index (χ4n) is 1.14. The van der Waals surface area contributed by atoms with Crippen LogP contribution in [0.2, 0.25) is 0 Å². The molecule has 1 aromatic carbocycles. The van der Waals surface area contributed by atoms with E-state index < -0.39 is 0 Å². The highest BCUT2D eigenvalue weighted by molar-refractivity contribution is 9.12. The van der Waals surface area contributed by atoms with E-state index in [0.29, 0.717) is 0 Å². The number of ether oxygens (including phenoxy) is 1. The molecule has 0 saturated heterocycles. The first-order chi connectivity index (χ1) is 5.29. The normalized spacial score (nSPS) is 27.8. The lowest BCUT2D eigenvalue weighted by Gasteiger charge is -2.03. The van der Waals surface area contributed by atoms with Crippen LogP contribution in [0.5, 0.6) is 5.75 Å². The van der Waals surface area contributed by atoms with E-state index in [1.54, 1.807) is 0 Å². The van der Waals surface area contributed by atoms with Crippen molar-refractivity contribution in [1.82, 2.24) is 0 Å². The van der Waals surface area contributed by atoms with Crippen molar-refractivity contribution in [3.05, 3.63) is 29.8 Å². The number of hydrogen-bond acceptors (Lipinski definition) is 1. The minimum Gasteiger partial charge on any atom is -0.477 e. The molecule has 0 fully saturated rings. The Kier molecular flexibility index (Phi) is 1.93. The monoisotopic (exact) mass is 276 g/mol. The van der Waals surface area contributed by atoms with Crippen LogP contribution < -0.4 is 4.74 Å². The van der Waals surface area contributed by atoms with Crippen molar-refractivity contribution >= 4 is 31.9 Å². The number of para-hydroxylation sites is 1. The van der Waals surface area contributed by atoms with Crippen LogP contribution in [-0.2, 0) is 0 Å². The van der Waals surface area contributed by atoms with Gasteiger partial charge >= 0.3 is 0 Å². The second-order valence-corrected chi connectivity index (χ2v) is 4.30. The Morgan fingerprint density at radius 2 is 1.91 bits per heavy atom. The van der Waals surface area contributed by atoms with Crippen molar-refractivity contribution < 1.29 is 4.74 Å². The second kappa shape index (κ2) is 2.79. The molecule has 0 unspecified atom stereocenters. The molecule has 1 aromatic rings. The Hall–Kier alpha value is -0.0200. The smallest absolute Gasteiger partial charge is 0.169 e. The van der Waals surface area contributed by atoms with Gasteiger partial charge in [0.2, 0.25) is 0 Å². The van der Waals surface area contributed by atoms with Crippen LogP contribution in [0.4, 0.5) is 0 Å². The molecule has 0 saturated carbocycles. The van der Waals surface area contributed by atoms with Crippen molar-refractivity contribution in [2.45, 2.75) is 9.84 Å². The average molecular weight is 278 g/mol. The zero-order valence-electron chi connectivity index (χ0n) is 5.63. The van der Waals surface area contributed by atoms with Crippen LogP contribution in [0, 0.1) is 0 Å². The van der Waals surface area contributed by atoms with Crippen LogP contribution in [-0.4, -0.2) is 5.01 Å². The lowest BCUT2D eigenvalue weighted by Crippen LogP contribution is -2.03. The third-order valence-electron chi connectivity index (χ3n) is 1.69. The number of alkyl halides is 2. The molecule has 1 heterocycles. The fraction of sp³-hybridized carbons (Fsp3) is 0.250. The van der Waals surface area contributed by atoms with Crippen LogP contribution in [0.3, 0.4) is 0 Å². The van der Waals surface area contributed by atoms with Gasteiger partial charge in [-0.3, -0.25) is 0 Å². The van der Waals surface area contributed by atoms with E-state index in [0.717, 1.165) is 5.75 Å². The highest BCUT2D eigenvalue weighted by Gasteiger charge is 2.29. The molecule has 3 heteroatoms. The molecule has 0 spiro atoms. The van der Waals surface area contributed by atoms with E-state index in [-0.39, 0.29) is 9.84 Å². The molecule has 2 rings (SSSR count). The lowest BCUT2D eigenvalue weighted by molar-refractivity contribution is 0.329. The van der Waals surface area contributed by atoms with E-state index in [4.69, 9.17) is 4.74 Å². The Labute approximate surface area is 82.0 Å². The van der Waals surface area contributed by atoms with Gasteiger partial charge < -0.3 is 4.74 Å². The Balaban J connectivity index is 2.47. The van der Waals surface area contributed by atoms with Crippen molar-refractivity contribution in [3.63, 3.8) is 0 Å². The standard InChI is InChI=1S/C8H6Br2O/c9-7-5-3-1-2-4-6(5)11-8(7)10/h1-4,7-8H/t7-,8-/m0/s1. The van der Waals surface area contributed by atoms with E-state index in [1.807, 2.05) is 18.2 Å². The van der Waals surface area contributed by atoms with Gasteiger partial charge in [0, 0.05) is 5.56 Å². The minimum atomic E-state index is 0.0694. The molecule has 0 aliphatic carbocycles. The molecule has 2 atom stereocenters. The van der Waals surface area contributed by atoms with Gasteiger partial charge in [0.1, 0.15) is 5.75 Å². The largest absolute Gasteiger partial charge is 0.477 e. The first kappa shape index (κ1) is 7.62. The van der Waals surface area contributed by atoms with Crippen molar-refractivity contribution in [1.29, 1.82) is 0 Å². The molecule has 1 aliphatic rings. The van der Waals surface area contributed by atoms with Crippen LogP contribution in [0.15, 0.2) is 24.3 Å². The Bertz CT molecular complexity index is 275. The predicted octanol–water partition coefficient (Wildman–Crippen LogP) is 3.24. The SMILES string of the molecule is Br[C@H]1Oc2ccccc2[C@@H]1Br.